The van der Waals surface area contributed by atoms with Crippen LogP contribution in [0.3, 0.4) is 0 Å². The molecule has 25 heavy (non-hydrogen) atoms. The highest BCUT2D eigenvalue weighted by Crippen LogP contribution is 2.35. The molecule has 0 aliphatic rings. The summed E-state index contributed by atoms with van der Waals surface area (Å²) in [5, 5.41) is 3.36. The van der Waals surface area contributed by atoms with E-state index in [1.54, 1.807) is 51.7 Å². The van der Waals surface area contributed by atoms with E-state index >= 15 is 0 Å². The zero-order chi connectivity index (χ0) is 18.4. The van der Waals surface area contributed by atoms with Gasteiger partial charge in [0.25, 0.3) is 0 Å². The number of anilines is 1. The molecule has 2 rings (SSSR count). The summed E-state index contributed by atoms with van der Waals surface area (Å²) < 4.78 is 15.8. The molecule has 0 saturated heterocycles. The maximum Gasteiger partial charge on any atom is 0.248 e. The predicted octanol–water partition coefficient (Wildman–Crippen LogP) is 4.33. The van der Waals surface area contributed by atoms with Crippen LogP contribution in [0.4, 0.5) is 5.69 Å². The van der Waals surface area contributed by atoms with Crippen LogP contribution in [0.1, 0.15) is 11.1 Å². The Kier molecular flexibility index (Phi) is 6.31. The van der Waals surface area contributed by atoms with Crippen molar-refractivity contribution in [3.05, 3.63) is 52.6 Å². The Morgan fingerprint density at radius 2 is 1.64 bits per heavy atom. The molecule has 2 aromatic carbocycles. The smallest absolute Gasteiger partial charge is 0.248 e. The fraction of sp³-hybridized carbons (Fsp3) is 0.211. The molecule has 0 aliphatic heterocycles. The van der Waals surface area contributed by atoms with E-state index in [-0.39, 0.29) is 5.91 Å². The van der Waals surface area contributed by atoms with Gasteiger partial charge in [-0.1, -0.05) is 17.7 Å². The lowest BCUT2D eigenvalue weighted by Crippen LogP contribution is -2.07. The maximum absolute atomic E-state index is 12.1. The lowest BCUT2D eigenvalue weighted by molar-refractivity contribution is -0.111. The van der Waals surface area contributed by atoms with Crippen LogP contribution < -0.4 is 19.5 Å². The summed E-state index contributed by atoms with van der Waals surface area (Å²) in [5.41, 5.74) is 2.27. The number of amides is 1. The SMILES string of the molecule is COc1cc(OC)c(OC)cc1/C=C/C(=O)Nc1ccc(C)c(Cl)c1. The number of hydrogen-bond acceptors (Lipinski definition) is 4. The molecule has 6 heteroatoms. The van der Waals surface area contributed by atoms with Gasteiger partial charge in [0.15, 0.2) is 11.5 Å². The van der Waals surface area contributed by atoms with E-state index in [0.29, 0.717) is 33.5 Å². The first-order valence-corrected chi connectivity index (χ1v) is 7.91. The molecule has 0 saturated carbocycles. The molecule has 0 atom stereocenters. The number of methoxy groups -OCH3 is 3. The number of nitrogens with one attached hydrogen (secondary N) is 1. The van der Waals surface area contributed by atoms with Crippen molar-refractivity contribution in [2.75, 3.05) is 26.6 Å². The number of benzene rings is 2. The minimum Gasteiger partial charge on any atom is -0.496 e. The highest BCUT2D eigenvalue weighted by Gasteiger charge is 2.10. The van der Waals surface area contributed by atoms with Crippen LogP contribution >= 0.6 is 11.6 Å². The maximum atomic E-state index is 12.1. The summed E-state index contributed by atoms with van der Waals surface area (Å²) in [5.74, 6) is 1.39. The third-order valence-electron chi connectivity index (χ3n) is 3.59. The van der Waals surface area contributed by atoms with Crippen molar-refractivity contribution in [1.82, 2.24) is 0 Å². The molecule has 0 unspecified atom stereocenters. The molecule has 1 amide bonds. The first kappa shape index (κ1) is 18.7. The Balaban J connectivity index is 2.19. The van der Waals surface area contributed by atoms with Gasteiger partial charge in [0.05, 0.1) is 21.3 Å². The Labute approximate surface area is 152 Å². The van der Waals surface area contributed by atoms with E-state index in [1.807, 2.05) is 13.0 Å². The Bertz CT molecular complexity index is 802. The summed E-state index contributed by atoms with van der Waals surface area (Å²) in [6.07, 6.45) is 3.06. The van der Waals surface area contributed by atoms with Gasteiger partial charge in [0.2, 0.25) is 5.91 Å². The van der Waals surface area contributed by atoms with Crippen molar-refractivity contribution < 1.29 is 19.0 Å². The van der Waals surface area contributed by atoms with Gasteiger partial charge in [-0.05, 0) is 36.8 Å². The van der Waals surface area contributed by atoms with Crippen molar-refractivity contribution in [2.45, 2.75) is 6.92 Å². The van der Waals surface area contributed by atoms with E-state index in [9.17, 15) is 4.79 Å². The summed E-state index contributed by atoms with van der Waals surface area (Å²) in [6, 6.07) is 8.79. The highest BCUT2D eigenvalue weighted by atomic mass is 35.5. The van der Waals surface area contributed by atoms with Crippen molar-refractivity contribution in [3.63, 3.8) is 0 Å². The van der Waals surface area contributed by atoms with Crippen LogP contribution in [-0.4, -0.2) is 27.2 Å². The topological polar surface area (TPSA) is 56.8 Å². The van der Waals surface area contributed by atoms with E-state index in [0.717, 1.165) is 5.56 Å². The van der Waals surface area contributed by atoms with Crippen molar-refractivity contribution in [3.8, 4) is 17.2 Å². The average Bonchev–Trinajstić information content (AvgIpc) is 2.62. The molecule has 0 spiro atoms. The normalized spacial score (nSPS) is 10.6. The second kappa shape index (κ2) is 8.44. The van der Waals surface area contributed by atoms with Gasteiger partial charge in [0, 0.05) is 28.4 Å². The number of rotatable bonds is 6. The summed E-state index contributed by atoms with van der Waals surface area (Å²) in [6.45, 7) is 1.90. The monoisotopic (exact) mass is 361 g/mol. The number of aryl methyl sites for hydroxylation is 1. The molecular weight excluding hydrogens is 342 g/mol. The zero-order valence-corrected chi connectivity index (χ0v) is 15.3. The quantitative estimate of drug-likeness (QED) is 0.778. The predicted molar refractivity (Wildman–Crippen MR) is 100.0 cm³/mol. The lowest BCUT2D eigenvalue weighted by atomic mass is 10.1. The van der Waals surface area contributed by atoms with Gasteiger partial charge in [0.1, 0.15) is 5.75 Å². The van der Waals surface area contributed by atoms with E-state index in [4.69, 9.17) is 25.8 Å². The summed E-state index contributed by atoms with van der Waals surface area (Å²) in [7, 11) is 4.64. The van der Waals surface area contributed by atoms with Gasteiger partial charge >= 0.3 is 0 Å². The van der Waals surface area contributed by atoms with Crippen LogP contribution in [0, 0.1) is 6.92 Å². The molecular formula is C19H20ClNO4. The molecule has 132 valence electrons. The molecule has 1 N–H and O–H groups in total. The van der Waals surface area contributed by atoms with Crippen LogP contribution in [0.25, 0.3) is 6.08 Å². The van der Waals surface area contributed by atoms with Crippen molar-refractivity contribution in [1.29, 1.82) is 0 Å². The first-order chi connectivity index (χ1) is 12.0. The molecule has 0 aliphatic carbocycles. The average molecular weight is 362 g/mol. The van der Waals surface area contributed by atoms with E-state index in [1.165, 1.54) is 6.08 Å². The van der Waals surface area contributed by atoms with Gasteiger partial charge in [-0.2, -0.15) is 0 Å². The van der Waals surface area contributed by atoms with E-state index < -0.39 is 0 Å². The highest BCUT2D eigenvalue weighted by molar-refractivity contribution is 6.31. The molecule has 0 radical (unpaired) electrons. The van der Waals surface area contributed by atoms with Gasteiger partial charge in [-0.25, -0.2) is 0 Å². The Hall–Kier alpha value is -2.66. The second-order valence-electron chi connectivity index (χ2n) is 5.24. The largest absolute Gasteiger partial charge is 0.496 e. The van der Waals surface area contributed by atoms with Crippen molar-refractivity contribution >= 4 is 29.3 Å². The molecule has 0 aromatic heterocycles. The number of carbonyl (C=O) groups is 1. The van der Waals surface area contributed by atoms with Gasteiger partial charge in [-0.15, -0.1) is 0 Å². The molecule has 0 bridgehead atoms. The summed E-state index contributed by atoms with van der Waals surface area (Å²) >= 11 is 6.06. The first-order valence-electron chi connectivity index (χ1n) is 7.53. The molecule has 0 heterocycles. The second-order valence-corrected chi connectivity index (χ2v) is 5.64. The van der Waals surface area contributed by atoms with E-state index in [2.05, 4.69) is 5.32 Å². The zero-order valence-electron chi connectivity index (χ0n) is 14.6. The Morgan fingerprint density at radius 1 is 1.00 bits per heavy atom. The van der Waals surface area contributed by atoms with Crippen molar-refractivity contribution in [2.24, 2.45) is 0 Å². The van der Waals surface area contributed by atoms with Gasteiger partial charge in [-0.3, -0.25) is 4.79 Å². The minimum absolute atomic E-state index is 0.281. The third kappa shape index (κ3) is 4.67. The fourth-order valence-electron chi connectivity index (χ4n) is 2.20. The number of halogens is 1. The van der Waals surface area contributed by atoms with Crippen LogP contribution in [0.15, 0.2) is 36.4 Å². The van der Waals surface area contributed by atoms with Crippen LogP contribution in [-0.2, 0) is 4.79 Å². The van der Waals surface area contributed by atoms with Crippen LogP contribution in [0.5, 0.6) is 17.2 Å². The molecule has 0 fully saturated rings. The standard InChI is InChI=1S/C19H20ClNO4/c1-12-5-7-14(10-15(12)20)21-19(22)8-6-13-9-17(24-3)18(25-4)11-16(13)23-2/h5-11H,1-4H3,(H,21,22)/b8-6+. The molecule has 2 aromatic rings. The minimum atomic E-state index is -0.281. The lowest BCUT2D eigenvalue weighted by Gasteiger charge is -2.12. The third-order valence-corrected chi connectivity index (χ3v) is 4.00. The summed E-state index contributed by atoms with van der Waals surface area (Å²) in [4.78, 5) is 12.1. The Morgan fingerprint density at radius 3 is 2.24 bits per heavy atom. The number of carbonyl (C=O) groups excluding carboxylic acids is 1. The van der Waals surface area contributed by atoms with Gasteiger partial charge < -0.3 is 19.5 Å². The fourth-order valence-corrected chi connectivity index (χ4v) is 2.38. The number of ether oxygens (including phenoxy) is 3. The number of hydrogen-bond donors (Lipinski definition) is 1. The van der Waals surface area contributed by atoms with Crippen LogP contribution in [0.2, 0.25) is 5.02 Å². The molecule has 5 nitrogen and oxygen atoms in total.